The van der Waals surface area contributed by atoms with Crippen LogP contribution in [-0.4, -0.2) is 25.0 Å². The van der Waals surface area contributed by atoms with Crippen LogP contribution in [0.5, 0.6) is 0 Å². The lowest BCUT2D eigenvalue weighted by molar-refractivity contribution is -0.138. The molecule has 0 saturated carbocycles. The summed E-state index contributed by atoms with van der Waals surface area (Å²) < 4.78 is 4.80. The topological polar surface area (TPSA) is 52.3 Å². The molecule has 0 spiro atoms. The minimum absolute atomic E-state index is 0.186. The van der Waals surface area contributed by atoms with Gasteiger partial charge in [0.15, 0.2) is 0 Å². The zero-order chi connectivity index (χ0) is 9.56. The standard InChI is InChI=1S/C8H14ClNO2/c1-6(2)7(5-9)8(11)12-4-3-10/h3-5,10H2,1-2H3. The van der Waals surface area contributed by atoms with Crippen LogP contribution < -0.4 is 5.73 Å². The predicted octanol–water partition coefficient (Wildman–Crippen LogP) is 1.06. The van der Waals surface area contributed by atoms with Crippen LogP contribution in [0.15, 0.2) is 11.1 Å². The quantitative estimate of drug-likeness (QED) is 0.411. The lowest BCUT2D eigenvalue weighted by atomic mass is 10.2. The third kappa shape index (κ3) is 3.74. The van der Waals surface area contributed by atoms with Gasteiger partial charge in [-0.2, -0.15) is 0 Å². The van der Waals surface area contributed by atoms with E-state index in [0.29, 0.717) is 12.1 Å². The molecule has 0 aliphatic carbocycles. The SMILES string of the molecule is CC(C)=C(CCl)C(=O)OCCN. The van der Waals surface area contributed by atoms with Gasteiger partial charge in [0.2, 0.25) is 0 Å². The number of esters is 1. The molecule has 0 radical (unpaired) electrons. The fourth-order valence-corrected chi connectivity index (χ4v) is 1.01. The average Bonchev–Trinajstić information content (AvgIpc) is 2.01. The lowest BCUT2D eigenvalue weighted by Gasteiger charge is -2.05. The maximum atomic E-state index is 11.2. The van der Waals surface area contributed by atoms with E-state index in [1.54, 1.807) is 0 Å². The van der Waals surface area contributed by atoms with Gasteiger partial charge in [0.1, 0.15) is 6.61 Å². The molecule has 0 aromatic heterocycles. The first-order valence-corrected chi connectivity index (χ1v) is 4.26. The highest BCUT2D eigenvalue weighted by atomic mass is 35.5. The van der Waals surface area contributed by atoms with Crippen molar-refractivity contribution < 1.29 is 9.53 Å². The Hall–Kier alpha value is -0.540. The molecule has 0 atom stereocenters. The maximum Gasteiger partial charge on any atom is 0.335 e. The van der Waals surface area contributed by atoms with Gasteiger partial charge in [0.25, 0.3) is 0 Å². The molecule has 0 aliphatic rings. The van der Waals surface area contributed by atoms with Crippen molar-refractivity contribution in [3.05, 3.63) is 11.1 Å². The highest BCUT2D eigenvalue weighted by Gasteiger charge is 2.10. The molecule has 0 aromatic rings. The van der Waals surface area contributed by atoms with Gasteiger partial charge in [-0.3, -0.25) is 0 Å². The molecular formula is C8H14ClNO2. The van der Waals surface area contributed by atoms with Crippen molar-refractivity contribution in [1.29, 1.82) is 0 Å². The zero-order valence-corrected chi connectivity index (χ0v) is 8.15. The van der Waals surface area contributed by atoms with Crippen molar-refractivity contribution in [2.75, 3.05) is 19.0 Å². The summed E-state index contributed by atoms with van der Waals surface area (Å²) in [5, 5.41) is 0. The normalized spacial score (nSPS) is 9.33. The first-order valence-electron chi connectivity index (χ1n) is 3.73. The number of ether oxygens (including phenoxy) is 1. The Morgan fingerprint density at radius 1 is 1.50 bits per heavy atom. The number of carbonyl (C=O) groups is 1. The number of allylic oxidation sites excluding steroid dienone is 1. The van der Waals surface area contributed by atoms with Crippen LogP contribution in [-0.2, 0) is 9.53 Å². The number of hydrogen-bond donors (Lipinski definition) is 1. The van der Waals surface area contributed by atoms with Crippen molar-refractivity contribution in [2.45, 2.75) is 13.8 Å². The monoisotopic (exact) mass is 191 g/mol. The minimum atomic E-state index is -0.365. The van der Waals surface area contributed by atoms with Gasteiger partial charge in [-0.25, -0.2) is 4.79 Å². The van der Waals surface area contributed by atoms with Crippen LogP contribution in [0.4, 0.5) is 0 Å². The van der Waals surface area contributed by atoms with Crippen LogP contribution in [0, 0.1) is 0 Å². The summed E-state index contributed by atoms with van der Waals surface area (Å²) in [4.78, 5) is 11.2. The van der Waals surface area contributed by atoms with Gasteiger partial charge >= 0.3 is 5.97 Å². The smallest absolute Gasteiger partial charge is 0.335 e. The Kier molecular flexibility index (Phi) is 5.76. The molecule has 0 aromatic carbocycles. The molecule has 70 valence electrons. The van der Waals surface area contributed by atoms with Gasteiger partial charge in [0.05, 0.1) is 11.5 Å². The van der Waals surface area contributed by atoms with E-state index < -0.39 is 0 Å². The first kappa shape index (κ1) is 11.5. The highest BCUT2D eigenvalue weighted by Crippen LogP contribution is 2.07. The number of hydrogen-bond acceptors (Lipinski definition) is 3. The first-order chi connectivity index (χ1) is 5.63. The fourth-order valence-electron chi connectivity index (χ4n) is 0.631. The second-order valence-corrected chi connectivity index (χ2v) is 2.80. The van der Waals surface area contributed by atoms with Crippen LogP contribution in [0.1, 0.15) is 13.8 Å². The maximum absolute atomic E-state index is 11.2. The summed E-state index contributed by atoms with van der Waals surface area (Å²) in [6.45, 7) is 4.22. The second kappa shape index (κ2) is 6.03. The van der Waals surface area contributed by atoms with Crippen molar-refractivity contribution >= 4 is 17.6 Å². The Labute approximate surface area is 77.5 Å². The van der Waals surface area contributed by atoms with Crippen molar-refractivity contribution in [1.82, 2.24) is 0 Å². The number of carbonyl (C=O) groups excluding carboxylic acids is 1. The second-order valence-electron chi connectivity index (χ2n) is 2.54. The highest BCUT2D eigenvalue weighted by molar-refractivity contribution is 6.22. The Morgan fingerprint density at radius 3 is 2.42 bits per heavy atom. The van der Waals surface area contributed by atoms with E-state index in [4.69, 9.17) is 22.1 Å². The molecule has 0 heterocycles. The van der Waals surface area contributed by atoms with Crippen LogP contribution in [0.3, 0.4) is 0 Å². The van der Waals surface area contributed by atoms with Gasteiger partial charge in [0, 0.05) is 6.54 Å². The van der Waals surface area contributed by atoms with Crippen LogP contribution in [0.2, 0.25) is 0 Å². The number of halogens is 1. The third-order valence-electron chi connectivity index (χ3n) is 1.33. The Bertz CT molecular complexity index is 185. The summed E-state index contributed by atoms with van der Waals surface area (Å²) in [6, 6.07) is 0. The van der Waals surface area contributed by atoms with E-state index in [1.165, 1.54) is 0 Å². The number of alkyl halides is 1. The molecule has 4 heteroatoms. The van der Waals surface area contributed by atoms with E-state index in [-0.39, 0.29) is 18.5 Å². The zero-order valence-electron chi connectivity index (χ0n) is 7.39. The molecule has 0 rings (SSSR count). The van der Waals surface area contributed by atoms with E-state index in [1.807, 2.05) is 13.8 Å². The Balaban J connectivity index is 4.15. The molecule has 12 heavy (non-hydrogen) atoms. The van der Waals surface area contributed by atoms with Crippen molar-refractivity contribution in [3.8, 4) is 0 Å². The van der Waals surface area contributed by atoms with Crippen LogP contribution in [0.25, 0.3) is 0 Å². The average molecular weight is 192 g/mol. The van der Waals surface area contributed by atoms with Gasteiger partial charge in [-0.05, 0) is 13.8 Å². The number of nitrogens with two attached hydrogens (primary N) is 1. The molecule has 0 saturated heterocycles. The van der Waals surface area contributed by atoms with E-state index >= 15 is 0 Å². The van der Waals surface area contributed by atoms with Crippen molar-refractivity contribution in [3.63, 3.8) is 0 Å². The van der Waals surface area contributed by atoms with Gasteiger partial charge in [-0.15, -0.1) is 11.6 Å². The van der Waals surface area contributed by atoms with Gasteiger partial charge < -0.3 is 10.5 Å². The summed E-state index contributed by atoms with van der Waals surface area (Å²) in [6.07, 6.45) is 0. The van der Waals surface area contributed by atoms with E-state index in [9.17, 15) is 4.79 Å². The molecule has 0 fully saturated rings. The summed E-state index contributed by atoms with van der Waals surface area (Å²) in [5.41, 5.74) is 6.57. The molecule has 3 nitrogen and oxygen atoms in total. The molecular weight excluding hydrogens is 178 g/mol. The molecule has 0 amide bonds. The van der Waals surface area contributed by atoms with E-state index in [0.717, 1.165) is 5.57 Å². The summed E-state index contributed by atoms with van der Waals surface area (Å²) in [7, 11) is 0. The van der Waals surface area contributed by atoms with Crippen LogP contribution >= 0.6 is 11.6 Å². The molecule has 0 bridgehead atoms. The summed E-state index contributed by atoms with van der Waals surface area (Å²) >= 11 is 5.55. The largest absolute Gasteiger partial charge is 0.461 e. The number of rotatable bonds is 4. The van der Waals surface area contributed by atoms with E-state index in [2.05, 4.69) is 0 Å². The Morgan fingerprint density at radius 2 is 2.08 bits per heavy atom. The molecule has 2 N–H and O–H groups in total. The third-order valence-corrected chi connectivity index (χ3v) is 1.60. The fraction of sp³-hybridized carbons (Fsp3) is 0.625. The molecule has 0 aliphatic heterocycles. The summed E-state index contributed by atoms with van der Waals surface area (Å²) in [5.74, 6) is -0.179. The predicted molar refractivity (Wildman–Crippen MR) is 49.1 cm³/mol. The molecule has 0 unspecified atom stereocenters. The minimum Gasteiger partial charge on any atom is -0.461 e. The lowest BCUT2D eigenvalue weighted by Crippen LogP contribution is -2.16. The van der Waals surface area contributed by atoms with Gasteiger partial charge in [-0.1, -0.05) is 5.57 Å². The van der Waals surface area contributed by atoms with Crippen molar-refractivity contribution in [2.24, 2.45) is 5.73 Å².